The van der Waals surface area contributed by atoms with Gasteiger partial charge < -0.3 is 5.32 Å². The van der Waals surface area contributed by atoms with Crippen LogP contribution in [-0.2, 0) is 6.18 Å². The van der Waals surface area contributed by atoms with Crippen molar-refractivity contribution in [1.82, 2.24) is 15.5 Å². The highest BCUT2D eigenvalue weighted by molar-refractivity contribution is 7.14. The molecule has 2 aromatic rings. The molecule has 1 aromatic heterocycles. The Hall–Kier alpha value is -1.54. The van der Waals surface area contributed by atoms with Gasteiger partial charge >= 0.3 is 6.18 Å². The molecule has 0 aliphatic heterocycles. The highest BCUT2D eigenvalue weighted by Crippen LogP contribution is 2.35. The molecular formula is C12H11F4N3S. The third kappa shape index (κ3) is 2.96. The van der Waals surface area contributed by atoms with E-state index in [4.69, 9.17) is 0 Å². The molecule has 0 bridgehead atoms. The fourth-order valence-electron chi connectivity index (χ4n) is 1.53. The number of nitrogens with zero attached hydrogens (tertiary/aromatic N) is 2. The summed E-state index contributed by atoms with van der Waals surface area (Å²) >= 11 is 1.17. The lowest BCUT2D eigenvalue weighted by Gasteiger charge is -2.08. The number of aromatic nitrogens is 2. The van der Waals surface area contributed by atoms with Gasteiger partial charge in [0, 0.05) is 5.56 Å². The van der Waals surface area contributed by atoms with Crippen molar-refractivity contribution in [3.63, 3.8) is 0 Å². The molecule has 0 spiro atoms. The number of hydrogen-bond acceptors (Lipinski definition) is 4. The van der Waals surface area contributed by atoms with E-state index in [0.29, 0.717) is 10.0 Å². The van der Waals surface area contributed by atoms with E-state index >= 15 is 0 Å². The Bertz CT molecular complexity index is 609. The molecule has 0 amide bonds. The number of hydrogen-bond donors (Lipinski definition) is 1. The molecule has 1 aromatic carbocycles. The second kappa shape index (κ2) is 5.45. The highest BCUT2D eigenvalue weighted by Gasteiger charge is 2.34. The SMILES string of the molecule is CNC(C)c1nnc(-c2ccc(F)c(C(F)(F)F)c2)s1. The predicted molar refractivity (Wildman–Crippen MR) is 67.8 cm³/mol. The lowest BCUT2D eigenvalue weighted by atomic mass is 10.1. The van der Waals surface area contributed by atoms with Crippen molar-refractivity contribution in [2.45, 2.75) is 19.1 Å². The summed E-state index contributed by atoms with van der Waals surface area (Å²) in [6, 6.07) is 2.76. The molecule has 0 aliphatic rings. The molecule has 20 heavy (non-hydrogen) atoms. The van der Waals surface area contributed by atoms with Gasteiger partial charge in [-0.2, -0.15) is 13.2 Å². The van der Waals surface area contributed by atoms with E-state index < -0.39 is 17.6 Å². The monoisotopic (exact) mass is 305 g/mol. The molecule has 0 saturated carbocycles. The van der Waals surface area contributed by atoms with E-state index in [1.807, 2.05) is 6.92 Å². The van der Waals surface area contributed by atoms with Gasteiger partial charge in [0.2, 0.25) is 0 Å². The van der Waals surface area contributed by atoms with E-state index in [9.17, 15) is 17.6 Å². The van der Waals surface area contributed by atoms with E-state index in [1.165, 1.54) is 17.4 Å². The van der Waals surface area contributed by atoms with Crippen molar-refractivity contribution in [2.75, 3.05) is 7.05 Å². The number of nitrogens with one attached hydrogen (secondary N) is 1. The first-order chi connectivity index (χ1) is 9.32. The summed E-state index contributed by atoms with van der Waals surface area (Å²) in [5, 5.41) is 11.7. The van der Waals surface area contributed by atoms with Crippen LogP contribution in [0.2, 0.25) is 0 Å². The average molecular weight is 305 g/mol. The van der Waals surface area contributed by atoms with Crippen LogP contribution in [-0.4, -0.2) is 17.2 Å². The van der Waals surface area contributed by atoms with Gasteiger partial charge in [-0.3, -0.25) is 0 Å². The van der Waals surface area contributed by atoms with Crippen LogP contribution in [0, 0.1) is 5.82 Å². The van der Waals surface area contributed by atoms with Gasteiger partial charge in [0.25, 0.3) is 0 Å². The summed E-state index contributed by atoms with van der Waals surface area (Å²) in [4.78, 5) is 0. The zero-order valence-corrected chi connectivity index (χ0v) is 11.4. The van der Waals surface area contributed by atoms with Crippen LogP contribution in [0.4, 0.5) is 17.6 Å². The fraction of sp³-hybridized carbons (Fsp3) is 0.333. The van der Waals surface area contributed by atoms with Crippen molar-refractivity contribution < 1.29 is 17.6 Å². The molecule has 1 unspecified atom stereocenters. The van der Waals surface area contributed by atoms with Crippen LogP contribution in [0.1, 0.15) is 23.5 Å². The van der Waals surface area contributed by atoms with Crippen LogP contribution in [0.25, 0.3) is 10.6 Å². The van der Waals surface area contributed by atoms with Gasteiger partial charge in [-0.15, -0.1) is 10.2 Å². The Morgan fingerprint density at radius 1 is 1.25 bits per heavy atom. The molecule has 0 radical (unpaired) electrons. The van der Waals surface area contributed by atoms with E-state index in [0.717, 1.165) is 12.1 Å². The third-order valence-corrected chi connectivity index (χ3v) is 3.92. The minimum Gasteiger partial charge on any atom is -0.311 e. The van der Waals surface area contributed by atoms with E-state index in [-0.39, 0.29) is 11.6 Å². The maximum atomic E-state index is 13.2. The molecule has 3 nitrogen and oxygen atoms in total. The zero-order chi connectivity index (χ0) is 14.9. The molecule has 1 atom stereocenters. The summed E-state index contributed by atoms with van der Waals surface area (Å²) in [7, 11) is 1.74. The van der Waals surface area contributed by atoms with Crippen LogP contribution in [0.3, 0.4) is 0 Å². The van der Waals surface area contributed by atoms with E-state index in [2.05, 4.69) is 15.5 Å². The van der Waals surface area contributed by atoms with Gasteiger partial charge in [0.05, 0.1) is 11.6 Å². The topological polar surface area (TPSA) is 37.8 Å². The first kappa shape index (κ1) is 14.9. The molecule has 1 N–H and O–H groups in total. The molecule has 0 saturated heterocycles. The van der Waals surface area contributed by atoms with E-state index in [1.54, 1.807) is 7.05 Å². The molecule has 1 heterocycles. The van der Waals surface area contributed by atoms with Gasteiger partial charge in [0.15, 0.2) is 0 Å². The summed E-state index contributed by atoms with van der Waals surface area (Å²) in [5.74, 6) is -1.30. The Balaban J connectivity index is 2.41. The number of rotatable bonds is 3. The van der Waals surface area contributed by atoms with Crippen LogP contribution >= 0.6 is 11.3 Å². The van der Waals surface area contributed by atoms with Gasteiger partial charge in [0.1, 0.15) is 15.8 Å². The molecule has 108 valence electrons. The highest BCUT2D eigenvalue weighted by atomic mass is 32.1. The number of alkyl halides is 3. The van der Waals surface area contributed by atoms with Gasteiger partial charge in [-0.25, -0.2) is 4.39 Å². The molecule has 0 fully saturated rings. The smallest absolute Gasteiger partial charge is 0.311 e. The van der Waals surface area contributed by atoms with Crippen LogP contribution in [0.5, 0.6) is 0 Å². The minimum absolute atomic E-state index is 0.0521. The summed E-state index contributed by atoms with van der Waals surface area (Å²) < 4.78 is 51.2. The zero-order valence-electron chi connectivity index (χ0n) is 10.6. The first-order valence-electron chi connectivity index (χ1n) is 5.70. The van der Waals surface area contributed by atoms with Crippen molar-refractivity contribution >= 4 is 11.3 Å². The van der Waals surface area contributed by atoms with Crippen LogP contribution < -0.4 is 5.32 Å². The van der Waals surface area contributed by atoms with Crippen LogP contribution in [0.15, 0.2) is 18.2 Å². The van der Waals surface area contributed by atoms with Gasteiger partial charge in [-0.05, 0) is 32.2 Å². The fourth-order valence-corrected chi connectivity index (χ4v) is 2.43. The largest absolute Gasteiger partial charge is 0.419 e. The van der Waals surface area contributed by atoms with Crippen molar-refractivity contribution in [2.24, 2.45) is 0 Å². The van der Waals surface area contributed by atoms with Crippen molar-refractivity contribution in [3.05, 3.63) is 34.6 Å². The average Bonchev–Trinajstić information content (AvgIpc) is 2.86. The normalized spacial score (nSPS) is 13.5. The Morgan fingerprint density at radius 2 is 1.95 bits per heavy atom. The summed E-state index contributed by atoms with van der Waals surface area (Å²) in [5.41, 5.74) is -1.10. The first-order valence-corrected chi connectivity index (χ1v) is 6.52. The molecule has 2 rings (SSSR count). The third-order valence-electron chi connectivity index (χ3n) is 2.76. The number of halogens is 4. The second-order valence-electron chi connectivity index (χ2n) is 4.15. The second-order valence-corrected chi connectivity index (χ2v) is 5.16. The predicted octanol–water partition coefficient (Wildman–Crippen LogP) is 3.64. The maximum Gasteiger partial charge on any atom is 0.419 e. The molecule has 0 aliphatic carbocycles. The quantitative estimate of drug-likeness (QED) is 0.880. The van der Waals surface area contributed by atoms with Crippen molar-refractivity contribution in [3.8, 4) is 10.6 Å². The minimum atomic E-state index is -4.73. The standard InChI is InChI=1S/C12H11F4N3S/c1-6(17-2)10-18-19-11(20-10)7-3-4-9(13)8(5-7)12(14,15)16/h3-6,17H,1-2H3. The molecular weight excluding hydrogens is 294 g/mol. The summed E-state index contributed by atoms with van der Waals surface area (Å²) in [6.07, 6.45) is -4.73. The lowest BCUT2D eigenvalue weighted by molar-refractivity contribution is -0.139. The Morgan fingerprint density at radius 3 is 2.55 bits per heavy atom. The van der Waals surface area contributed by atoms with Gasteiger partial charge in [-0.1, -0.05) is 11.3 Å². The molecule has 8 heteroatoms. The maximum absolute atomic E-state index is 13.2. The number of benzene rings is 1. The van der Waals surface area contributed by atoms with Crippen molar-refractivity contribution in [1.29, 1.82) is 0 Å². The Kier molecular flexibility index (Phi) is 4.05. The Labute approximate surface area is 116 Å². The lowest BCUT2D eigenvalue weighted by Crippen LogP contribution is -2.11. The summed E-state index contributed by atoms with van der Waals surface area (Å²) in [6.45, 7) is 1.86.